The number of amides is 1. The van der Waals surface area contributed by atoms with Gasteiger partial charge >= 0.3 is 0 Å². The zero-order valence-corrected chi connectivity index (χ0v) is 13.7. The number of carbonyl (C=O) groups is 1. The van der Waals surface area contributed by atoms with Crippen molar-refractivity contribution in [3.8, 4) is 11.5 Å². The highest BCUT2D eigenvalue weighted by Crippen LogP contribution is 2.27. The molecule has 0 unspecified atom stereocenters. The number of rotatable bonds is 3. The summed E-state index contributed by atoms with van der Waals surface area (Å²) >= 11 is 0. The number of nitrogens with zero attached hydrogens (tertiary/aromatic N) is 1. The van der Waals surface area contributed by atoms with E-state index in [4.69, 9.17) is 4.74 Å². The average Bonchev–Trinajstić information content (AvgIpc) is 2.94. The van der Waals surface area contributed by atoms with Crippen LogP contribution in [0.2, 0.25) is 0 Å². The number of hydrogen-bond donors (Lipinski definition) is 1. The summed E-state index contributed by atoms with van der Waals surface area (Å²) in [6.45, 7) is 2.04. The highest BCUT2D eigenvalue weighted by Gasteiger charge is 2.25. The quantitative estimate of drug-likeness (QED) is 0.746. The van der Waals surface area contributed by atoms with Crippen molar-refractivity contribution in [3.63, 3.8) is 0 Å². The Kier molecular flexibility index (Phi) is 3.78. The SMILES string of the molecule is Cc1ccc(Oc2ccc(N=C3C(=O)Nc4ccccc43)cc2)cc1. The molecule has 0 aliphatic carbocycles. The smallest absolute Gasteiger partial charge is 0.275 e. The summed E-state index contributed by atoms with van der Waals surface area (Å²) in [6, 6.07) is 22.8. The molecule has 1 aliphatic heterocycles. The molecular formula is C21H16N2O2. The topological polar surface area (TPSA) is 50.7 Å². The standard InChI is InChI=1S/C21H16N2O2/c1-14-6-10-16(11-7-14)25-17-12-8-15(9-13-17)22-20-18-4-2-3-5-19(18)23-21(20)24/h2-13H,1H3,(H,22,23,24). The van der Waals surface area contributed by atoms with Gasteiger partial charge in [-0.25, -0.2) is 4.99 Å². The van der Waals surface area contributed by atoms with Crippen molar-refractivity contribution in [1.29, 1.82) is 0 Å². The Bertz CT molecular complexity index is 958. The number of ether oxygens (including phenoxy) is 1. The maximum atomic E-state index is 12.1. The van der Waals surface area contributed by atoms with Gasteiger partial charge in [-0.05, 0) is 49.4 Å². The summed E-state index contributed by atoms with van der Waals surface area (Å²) < 4.78 is 5.81. The summed E-state index contributed by atoms with van der Waals surface area (Å²) in [5.74, 6) is 1.33. The third kappa shape index (κ3) is 3.15. The summed E-state index contributed by atoms with van der Waals surface area (Å²) in [5, 5.41) is 2.82. The second kappa shape index (κ2) is 6.24. The van der Waals surface area contributed by atoms with E-state index in [9.17, 15) is 4.79 Å². The van der Waals surface area contributed by atoms with Crippen molar-refractivity contribution in [2.45, 2.75) is 6.92 Å². The Morgan fingerprint density at radius 1 is 0.840 bits per heavy atom. The maximum Gasteiger partial charge on any atom is 0.275 e. The van der Waals surface area contributed by atoms with Gasteiger partial charge in [0.25, 0.3) is 5.91 Å². The van der Waals surface area contributed by atoms with Gasteiger partial charge in [-0.3, -0.25) is 4.79 Å². The molecule has 0 bridgehead atoms. The van der Waals surface area contributed by atoms with E-state index >= 15 is 0 Å². The Morgan fingerprint density at radius 2 is 1.48 bits per heavy atom. The van der Waals surface area contributed by atoms with Crippen LogP contribution in [-0.4, -0.2) is 11.6 Å². The summed E-state index contributed by atoms with van der Waals surface area (Å²) in [5.41, 5.74) is 3.95. The molecule has 4 nitrogen and oxygen atoms in total. The monoisotopic (exact) mass is 328 g/mol. The fourth-order valence-corrected chi connectivity index (χ4v) is 2.67. The summed E-state index contributed by atoms with van der Waals surface area (Å²) in [6.07, 6.45) is 0. The number of aliphatic imine (C=N–C) groups is 1. The number of aryl methyl sites for hydroxylation is 1. The van der Waals surface area contributed by atoms with E-state index in [-0.39, 0.29) is 5.91 Å². The van der Waals surface area contributed by atoms with Crippen LogP contribution in [0.15, 0.2) is 77.8 Å². The Morgan fingerprint density at radius 3 is 2.20 bits per heavy atom. The van der Waals surface area contributed by atoms with Gasteiger partial charge in [-0.2, -0.15) is 0 Å². The maximum absolute atomic E-state index is 12.1. The van der Waals surface area contributed by atoms with Crippen LogP contribution >= 0.6 is 0 Å². The van der Waals surface area contributed by atoms with E-state index in [0.29, 0.717) is 11.4 Å². The van der Waals surface area contributed by atoms with Crippen LogP contribution in [0.5, 0.6) is 11.5 Å². The Hall–Kier alpha value is -3.40. The van der Waals surface area contributed by atoms with E-state index < -0.39 is 0 Å². The van der Waals surface area contributed by atoms with E-state index in [1.165, 1.54) is 5.56 Å². The minimum atomic E-state index is -0.179. The zero-order chi connectivity index (χ0) is 17.2. The largest absolute Gasteiger partial charge is 0.457 e. The number of fused-ring (bicyclic) bond motifs is 1. The fourth-order valence-electron chi connectivity index (χ4n) is 2.67. The van der Waals surface area contributed by atoms with Crippen molar-refractivity contribution in [1.82, 2.24) is 0 Å². The minimum Gasteiger partial charge on any atom is -0.457 e. The van der Waals surface area contributed by atoms with E-state index in [1.54, 1.807) is 0 Å². The normalized spacial score (nSPS) is 14.3. The molecule has 3 aromatic rings. The van der Waals surface area contributed by atoms with Crippen LogP contribution in [0.1, 0.15) is 11.1 Å². The Labute approximate surface area is 145 Å². The first-order valence-corrected chi connectivity index (χ1v) is 8.03. The van der Waals surface area contributed by atoms with Crippen LogP contribution in [0.25, 0.3) is 0 Å². The molecule has 3 aromatic carbocycles. The number of para-hydroxylation sites is 1. The molecule has 0 spiro atoms. The van der Waals surface area contributed by atoms with Gasteiger partial charge in [0.05, 0.1) is 11.4 Å². The average molecular weight is 328 g/mol. The first kappa shape index (κ1) is 15.1. The second-order valence-corrected chi connectivity index (χ2v) is 5.87. The molecule has 4 heteroatoms. The second-order valence-electron chi connectivity index (χ2n) is 5.87. The predicted molar refractivity (Wildman–Crippen MR) is 99.0 cm³/mol. The molecule has 0 saturated carbocycles. The molecule has 0 aromatic heterocycles. The van der Waals surface area contributed by atoms with E-state index in [1.807, 2.05) is 79.7 Å². The van der Waals surface area contributed by atoms with Crippen molar-refractivity contribution < 1.29 is 9.53 Å². The first-order chi connectivity index (χ1) is 12.2. The van der Waals surface area contributed by atoms with Gasteiger partial charge in [-0.1, -0.05) is 35.9 Å². The van der Waals surface area contributed by atoms with Gasteiger partial charge in [0.2, 0.25) is 0 Å². The molecule has 1 heterocycles. The molecule has 1 amide bonds. The number of benzene rings is 3. The molecule has 4 rings (SSSR count). The van der Waals surface area contributed by atoms with Crippen LogP contribution < -0.4 is 10.1 Å². The van der Waals surface area contributed by atoms with Gasteiger partial charge in [-0.15, -0.1) is 0 Å². The van der Waals surface area contributed by atoms with Crippen molar-refractivity contribution >= 4 is 23.0 Å². The fraction of sp³-hybridized carbons (Fsp3) is 0.0476. The zero-order valence-electron chi connectivity index (χ0n) is 13.7. The minimum absolute atomic E-state index is 0.179. The lowest BCUT2D eigenvalue weighted by atomic mass is 10.1. The van der Waals surface area contributed by atoms with Crippen LogP contribution in [-0.2, 0) is 4.79 Å². The third-order valence-electron chi connectivity index (χ3n) is 3.98. The highest BCUT2D eigenvalue weighted by atomic mass is 16.5. The molecular weight excluding hydrogens is 312 g/mol. The van der Waals surface area contributed by atoms with Crippen LogP contribution in [0.4, 0.5) is 11.4 Å². The molecule has 0 atom stereocenters. The molecule has 1 N–H and O–H groups in total. The number of anilines is 1. The van der Waals surface area contributed by atoms with Crippen LogP contribution in [0.3, 0.4) is 0 Å². The first-order valence-electron chi connectivity index (χ1n) is 8.03. The van der Waals surface area contributed by atoms with Gasteiger partial charge < -0.3 is 10.1 Å². The lowest BCUT2D eigenvalue weighted by Gasteiger charge is -2.06. The van der Waals surface area contributed by atoms with Gasteiger partial charge in [0.15, 0.2) is 0 Å². The number of carbonyl (C=O) groups excluding carboxylic acids is 1. The van der Waals surface area contributed by atoms with E-state index in [2.05, 4.69) is 10.3 Å². The van der Waals surface area contributed by atoms with Crippen LogP contribution in [0, 0.1) is 6.92 Å². The number of nitrogens with one attached hydrogen (secondary N) is 1. The third-order valence-corrected chi connectivity index (χ3v) is 3.98. The summed E-state index contributed by atoms with van der Waals surface area (Å²) in [7, 11) is 0. The lowest BCUT2D eigenvalue weighted by Crippen LogP contribution is -2.13. The highest BCUT2D eigenvalue weighted by molar-refractivity contribution is 6.54. The van der Waals surface area contributed by atoms with E-state index in [0.717, 1.165) is 22.7 Å². The van der Waals surface area contributed by atoms with Crippen molar-refractivity contribution in [2.75, 3.05) is 5.32 Å². The molecule has 0 saturated heterocycles. The van der Waals surface area contributed by atoms with Gasteiger partial charge in [0.1, 0.15) is 17.2 Å². The molecule has 0 radical (unpaired) electrons. The number of hydrogen-bond acceptors (Lipinski definition) is 3. The molecule has 0 fully saturated rings. The van der Waals surface area contributed by atoms with Crippen molar-refractivity contribution in [3.05, 3.63) is 83.9 Å². The van der Waals surface area contributed by atoms with Crippen molar-refractivity contribution in [2.24, 2.45) is 4.99 Å². The molecule has 122 valence electrons. The molecule has 1 aliphatic rings. The lowest BCUT2D eigenvalue weighted by molar-refractivity contribution is -0.110. The van der Waals surface area contributed by atoms with Gasteiger partial charge in [0, 0.05) is 5.56 Å². The molecule has 25 heavy (non-hydrogen) atoms. The predicted octanol–water partition coefficient (Wildman–Crippen LogP) is 4.86. The Balaban J connectivity index is 1.56. The summed E-state index contributed by atoms with van der Waals surface area (Å²) in [4.78, 5) is 16.6.